The molecule has 0 atom stereocenters. The highest BCUT2D eigenvalue weighted by molar-refractivity contribution is 5.80. The average Bonchev–Trinajstić information content (AvgIpc) is 2.84. The minimum atomic E-state index is 0.696. The Labute approximate surface area is 135 Å². The van der Waals surface area contributed by atoms with E-state index in [0.717, 1.165) is 40.2 Å². The lowest BCUT2D eigenvalue weighted by atomic mass is 10.2. The van der Waals surface area contributed by atoms with Gasteiger partial charge in [-0.2, -0.15) is 0 Å². The second-order valence-corrected chi connectivity index (χ2v) is 5.57. The normalized spacial score (nSPS) is 13.6. The van der Waals surface area contributed by atoms with Gasteiger partial charge >= 0.3 is 0 Å². The Kier molecular flexibility index (Phi) is 3.72. The molecule has 0 saturated heterocycles. The maximum atomic E-state index is 5.73. The summed E-state index contributed by atoms with van der Waals surface area (Å²) in [6, 6.07) is 18.3. The van der Waals surface area contributed by atoms with Crippen molar-refractivity contribution in [3.63, 3.8) is 0 Å². The summed E-state index contributed by atoms with van der Waals surface area (Å²) in [6.45, 7) is 2.11. The van der Waals surface area contributed by atoms with Gasteiger partial charge in [0, 0.05) is 18.4 Å². The van der Waals surface area contributed by atoms with E-state index in [0.29, 0.717) is 19.8 Å². The highest BCUT2D eigenvalue weighted by atomic mass is 16.5. The average molecular weight is 306 g/mol. The molecule has 4 nitrogen and oxygen atoms in total. The smallest absolute Gasteiger partial charge is 0.161 e. The van der Waals surface area contributed by atoms with Gasteiger partial charge in [0.1, 0.15) is 5.82 Å². The van der Waals surface area contributed by atoms with Crippen LogP contribution in [0.25, 0.3) is 10.9 Å². The van der Waals surface area contributed by atoms with Crippen LogP contribution >= 0.6 is 0 Å². The van der Waals surface area contributed by atoms with Gasteiger partial charge in [0.05, 0.1) is 18.7 Å². The molecule has 1 aliphatic rings. The molecule has 0 unspecified atom stereocenters. The van der Waals surface area contributed by atoms with Gasteiger partial charge < -0.3 is 14.8 Å². The number of hydrogen-bond acceptors (Lipinski definition) is 4. The lowest BCUT2D eigenvalue weighted by Gasteiger charge is -2.11. The fourth-order valence-electron chi connectivity index (χ4n) is 2.67. The van der Waals surface area contributed by atoms with Crippen molar-refractivity contribution in [3.05, 3.63) is 60.2 Å². The summed E-state index contributed by atoms with van der Waals surface area (Å²) in [6.07, 6.45) is 0.920. The maximum Gasteiger partial charge on any atom is 0.161 e. The minimum Gasteiger partial charge on any atom is -0.490 e. The number of aromatic nitrogens is 1. The van der Waals surface area contributed by atoms with Crippen LogP contribution in [0.3, 0.4) is 0 Å². The Hall–Kier alpha value is -2.75. The molecule has 0 saturated carbocycles. The van der Waals surface area contributed by atoms with Crippen molar-refractivity contribution >= 4 is 16.7 Å². The lowest BCUT2D eigenvalue weighted by Crippen LogP contribution is -2.02. The quantitative estimate of drug-likeness (QED) is 0.794. The topological polar surface area (TPSA) is 43.4 Å². The fraction of sp³-hybridized carbons (Fsp3) is 0.211. The van der Waals surface area contributed by atoms with E-state index >= 15 is 0 Å². The van der Waals surface area contributed by atoms with Crippen molar-refractivity contribution in [2.75, 3.05) is 18.5 Å². The molecule has 1 aliphatic heterocycles. The van der Waals surface area contributed by atoms with Crippen LogP contribution in [-0.4, -0.2) is 18.2 Å². The first-order valence-electron chi connectivity index (χ1n) is 7.87. The van der Waals surface area contributed by atoms with Gasteiger partial charge in [-0.25, -0.2) is 4.98 Å². The Morgan fingerprint density at radius 2 is 1.78 bits per heavy atom. The molecule has 4 heteroatoms. The van der Waals surface area contributed by atoms with E-state index in [9.17, 15) is 0 Å². The zero-order valence-electron chi connectivity index (χ0n) is 12.8. The lowest BCUT2D eigenvalue weighted by molar-refractivity contribution is 0.297. The van der Waals surface area contributed by atoms with E-state index in [4.69, 9.17) is 9.47 Å². The first-order chi connectivity index (χ1) is 11.4. The second-order valence-electron chi connectivity index (χ2n) is 5.57. The van der Waals surface area contributed by atoms with Crippen molar-refractivity contribution in [2.45, 2.75) is 13.0 Å². The first-order valence-corrected chi connectivity index (χ1v) is 7.87. The van der Waals surface area contributed by atoms with E-state index in [1.165, 1.54) is 0 Å². The zero-order valence-corrected chi connectivity index (χ0v) is 12.8. The summed E-state index contributed by atoms with van der Waals surface area (Å²) in [5.41, 5.74) is 2.14. The Bertz CT molecular complexity index is 832. The molecule has 4 rings (SSSR count). The summed E-state index contributed by atoms with van der Waals surface area (Å²) in [5, 5.41) is 4.51. The fourth-order valence-corrected chi connectivity index (χ4v) is 2.67. The number of hydrogen-bond donors (Lipinski definition) is 1. The molecule has 2 heterocycles. The monoisotopic (exact) mass is 306 g/mol. The van der Waals surface area contributed by atoms with Crippen molar-refractivity contribution in [1.29, 1.82) is 0 Å². The number of fused-ring (bicyclic) bond motifs is 2. The Morgan fingerprint density at radius 3 is 2.74 bits per heavy atom. The molecule has 1 aromatic heterocycles. The molecule has 2 aromatic carbocycles. The molecule has 0 radical (unpaired) electrons. The maximum absolute atomic E-state index is 5.73. The molecular weight excluding hydrogens is 288 g/mol. The van der Waals surface area contributed by atoms with Crippen LogP contribution in [0.2, 0.25) is 0 Å². The number of pyridine rings is 1. The van der Waals surface area contributed by atoms with Gasteiger partial charge in [-0.3, -0.25) is 0 Å². The van der Waals surface area contributed by atoms with Crippen LogP contribution in [0, 0.1) is 0 Å². The molecule has 0 amide bonds. The molecule has 0 fully saturated rings. The molecule has 0 bridgehead atoms. The summed E-state index contributed by atoms with van der Waals surface area (Å²) >= 11 is 0. The van der Waals surface area contributed by atoms with Crippen molar-refractivity contribution in [3.8, 4) is 11.5 Å². The van der Waals surface area contributed by atoms with Crippen molar-refractivity contribution < 1.29 is 9.47 Å². The van der Waals surface area contributed by atoms with Crippen LogP contribution in [0.15, 0.2) is 54.6 Å². The number of anilines is 1. The molecule has 116 valence electrons. The molecule has 3 aromatic rings. The van der Waals surface area contributed by atoms with E-state index < -0.39 is 0 Å². The van der Waals surface area contributed by atoms with Gasteiger partial charge in [0.25, 0.3) is 0 Å². The van der Waals surface area contributed by atoms with Gasteiger partial charge in [0.2, 0.25) is 0 Å². The third-order valence-corrected chi connectivity index (χ3v) is 3.88. The molecular formula is C19H18N2O2. The summed E-state index contributed by atoms with van der Waals surface area (Å²) in [7, 11) is 0. The minimum absolute atomic E-state index is 0.696. The van der Waals surface area contributed by atoms with Crippen LogP contribution in [0.4, 0.5) is 5.82 Å². The molecule has 1 N–H and O–H groups in total. The summed E-state index contributed by atoms with van der Waals surface area (Å²) in [5.74, 6) is 2.53. The van der Waals surface area contributed by atoms with Crippen LogP contribution in [0.5, 0.6) is 11.5 Å². The SMILES string of the molecule is c1ccc2nc(NCc3ccc4c(c3)OCCCO4)ccc2c1. The van der Waals surface area contributed by atoms with E-state index in [-0.39, 0.29) is 0 Å². The highest BCUT2D eigenvalue weighted by Crippen LogP contribution is 2.30. The van der Waals surface area contributed by atoms with Crippen molar-refractivity contribution in [2.24, 2.45) is 0 Å². The second kappa shape index (κ2) is 6.16. The predicted octanol–water partition coefficient (Wildman–Crippen LogP) is 4.01. The number of nitrogens with zero attached hydrogens (tertiary/aromatic N) is 1. The summed E-state index contributed by atoms with van der Waals surface area (Å²) in [4.78, 5) is 4.63. The van der Waals surface area contributed by atoms with Gasteiger partial charge in [-0.05, 0) is 35.9 Å². The van der Waals surface area contributed by atoms with Gasteiger partial charge in [-0.1, -0.05) is 24.3 Å². The van der Waals surface area contributed by atoms with Crippen LogP contribution in [-0.2, 0) is 6.54 Å². The summed E-state index contributed by atoms with van der Waals surface area (Å²) < 4.78 is 11.4. The van der Waals surface area contributed by atoms with E-state index in [1.807, 2.05) is 36.4 Å². The largest absolute Gasteiger partial charge is 0.490 e. The highest BCUT2D eigenvalue weighted by Gasteiger charge is 2.10. The predicted molar refractivity (Wildman–Crippen MR) is 91.1 cm³/mol. The number of para-hydroxylation sites is 1. The molecule has 0 aliphatic carbocycles. The Morgan fingerprint density at radius 1 is 0.913 bits per heavy atom. The van der Waals surface area contributed by atoms with Crippen molar-refractivity contribution in [1.82, 2.24) is 4.98 Å². The van der Waals surface area contributed by atoms with Gasteiger partial charge in [-0.15, -0.1) is 0 Å². The Balaban J connectivity index is 1.50. The molecule has 0 spiro atoms. The zero-order chi connectivity index (χ0) is 15.5. The third-order valence-electron chi connectivity index (χ3n) is 3.88. The van der Waals surface area contributed by atoms with E-state index in [1.54, 1.807) is 0 Å². The molecule has 23 heavy (non-hydrogen) atoms. The third kappa shape index (κ3) is 3.06. The van der Waals surface area contributed by atoms with Gasteiger partial charge in [0.15, 0.2) is 11.5 Å². The number of rotatable bonds is 3. The number of ether oxygens (including phenoxy) is 2. The first kappa shape index (κ1) is 13.9. The van der Waals surface area contributed by atoms with Crippen LogP contribution < -0.4 is 14.8 Å². The number of nitrogens with one attached hydrogen (secondary N) is 1. The number of benzene rings is 2. The van der Waals surface area contributed by atoms with Crippen LogP contribution in [0.1, 0.15) is 12.0 Å². The van der Waals surface area contributed by atoms with E-state index in [2.05, 4.69) is 28.5 Å². The standard InChI is InChI=1S/C19H18N2O2/c1-2-5-16-15(4-1)7-9-19(21-16)20-13-14-6-8-17-18(12-14)23-11-3-10-22-17/h1-2,4-9,12H,3,10-11,13H2,(H,20,21).